The van der Waals surface area contributed by atoms with Gasteiger partial charge in [0.05, 0.1) is 6.20 Å². The summed E-state index contributed by atoms with van der Waals surface area (Å²) in [5.74, 6) is 0.709. The van der Waals surface area contributed by atoms with Crippen molar-refractivity contribution in [3.8, 4) is 6.07 Å². The van der Waals surface area contributed by atoms with Gasteiger partial charge in [0.25, 0.3) is 0 Å². The molecule has 0 unspecified atom stereocenters. The summed E-state index contributed by atoms with van der Waals surface area (Å²) in [5.41, 5.74) is 0. The third-order valence-corrected chi connectivity index (χ3v) is 5.15. The lowest BCUT2D eigenvalue weighted by Crippen LogP contribution is -2.29. The number of nitriles is 1. The van der Waals surface area contributed by atoms with Crippen molar-refractivity contribution in [2.75, 3.05) is 18.4 Å². The molecule has 1 aliphatic rings. The van der Waals surface area contributed by atoms with E-state index in [0.29, 0.717) is 21.1 Å². The fraction of sp³-hybridized carbons (Fsp3) is 0.385. The van der Waals surface area contributed by atoms with Crippen molar-refractivity contribution in [1.29, 1.82) is 5.26 Å². The lowest BCUT2D eigenvalue weighted by molar-refractivity contribution is 0.531. The molecule has 21 heavy (non-hydrogen) atoms. The number of piperidine rings is 1. The second-order valence-corrected chi connectivity index (χ2v) is 6.93. The second-order valence-electron chi connectivity index (χ2n) is 4.58. The van der Waals surface area contributed by atoms with Crippen LogP contribution in [0.2, 0.25) is 0 Å². The van der Waals surface area contributed by atoms with Crippen molar-refractivity contribution in [3.63, 3.8) is 0 Å². The summed E-state index contributed by atoms with van der Waals surface area (Å²) < 4.78 is 0. The molecule has 0 aromatic carbocycles. The Morgan fingerprint density at radius 1 is 1.33 bits per heavy atom. The molecule has 0 atom stereocenters. The van der Waals surface area contributed by atoms with Crippen molar-refractivity contribution < 1.29 is 0 Å². The van der Waals surface area contributed by atoms with Gasteiger partial charge in [0.15, 0.2) is 5.13 Å². The fourth-order valence-electron chi connectivity index (χ4n) is 2.05. The summed E-state index contributed by atoms with van der Waals surface area (Å²) in [6, 6.07) is 4.00. The molecule has 0 bridgehead atoms. The highest BCUT2D eigenvalue weighted by atomic mass is 32.2. The second kappa shape index (κ2) is 6.85. The summed E-state index contributed by atoms with van der Waals surface area (Å²) in [7, 11) is 0. The predicted molar refractivity (Wildman–Crippen MR) is 83.9 cm³/mol. The number of aromatic nitrogens is 3. The van der Waals surface area contributed by atoms with Gasteiger partial charge in [-0.05, 0) is 25.9 Å². The van der Waals surface area contributed by atoms with Crippen LogP contribution in [0.1, 0.15) is 17.7 Å². The lowest BCUT2D eigenvalue weighted by atomic mass is 10.2. The Bertz CT molecular complexity index is 644. The van der Waals surface area contributed by atoms with Crippen molar-refractivity contribution in [3.05, 3.63) is 23.5 Å². The Hall–Kier alpha value is -1.69. The van der Waals surface area contributed by atoms with Crippen LogP contribution in [-0.4, -0.2) is 33.3 Å². The quantitative estimate of drug-likeness (QED) is 0.837. The molecule has 0 spiro atoms. The first-order chi connectivity index (χ1) is 10.3. The molecule has 0 radical (unpaired) electrons. The van der Waals surface area contributed by atoms with Crippen LogP contribution in [-0.2, 0) is 0 Å². The number of anilines is 2. The molecule has 1 fully saturated rings. The van der Waals surface area contributed by atoms with Gasteiger partial charge in [0.2, 0.25) is 0 Å². The molecule has 2 N–H and O–H groups in total. The highest BCUT2D eigenvalue weighted by molar-refractivity contribution is 7.99. The Morgan fingerprint density at radius 2 is 2.19 bits per heavy atom. The third-order valence-electron chi connectivity index (χ3n) is 3.07. The van der Waals surface area contributed by atoms with Crippen LogP contribution < -0.4 is 10.6 Å². The van der Waals surface area contributed by atoms with Gasteiger partial charge in [-0.15, -0.1) is 11.8 Å². The average Bonchev–Trinajstić information content (AvgIpc) is 2.96. The van der Waals surface area contributed by atoms with Gasteiger partial charge >= 0.3 is 0 Å². The highest BCUT2D eigenvalue weighted by Gasteiger charge is 2.15. The molecule has 3 heterocycles. The zero-order chi connectivity index (χ0) is 14.5. The van der Waals surface area contributed by atoms with Crippen LogP contribution in [0.5, 0.6) is 0 Å². The first kappa shape index (κ1) is 14.3. The minimum atomic E-state index is 0.580. The predicted octanol–water partition coefficient (Wildman–Crippen LogP) is 2.39. The van der Waals surface area contributed by atoms with Crippen molar-refractivity contribution in [1.82, 2.24) is 20.3 Å². The van der Waals surface area contributed by atoms with Crippen LogP contribution >= 0.6 is 23.1 Å². The van der Waals surface area contributed by atoms with E-state index in [4.69, 9.17) is 5.26 Å². The summed E-state index contributed by atoms with van der Waals surface area (Å²) in [5, 5.41) is 17.5. The first-order valence-electron chi connectivity index (χ1n) is 6.66. The Morgan fingerprint density at radius 3 is 2.95 bits per heavy atom. The minimum absolute atomic E-state index is 0.580. The molecule has 108 valence electrons. The largest absolute Gasteiger partial charge is 0.317 e. The standard InChI is InChI=1S/C13H14N6S2/c14-6-10-7-16-13(21-10)19-11-5-12(18-8-17-11)20-9-1-3-15-4-2-9/h5,7-9,15H,1-4H2,(H,16,17,18,19). The van der Waals surface area contributed by atoms with Crippen LogP contribution in [0.4, 0.5) is 10.9 Å². The zero-order valence-electron chi connectivity index (χ0n) is 11.2. The van der Waals surface area contributed by atoms with Gasteiger partial charge in [0.1, 0.15) is 28.1 Å². The number of hydrogen-bond acceptors (Lipinski definition) is 8. The monoisotopic (exact) mass is 318 g/mol. The fourth-order valence-corrected chi connectivity index (χ4v) is 3.77. The topological polar surface area (TPSA) is 86.5 Å². The molecule has 1 saturated heterocycles. The van der Waals surface area contributed by atoms with E-state index in [9.17, 15) is 0 Å². The molecule has 8 heteroatoms. The summed E-state index contributed by atoms with van der Waals surface area (Å²) in [4.78, 5) is 13.2. The van der Waals surface area contributed by atoms with Crippen LogP contribution in [0.15, 0.2) is 23.6 Å². The lowest BCUT2D eigenvalue weighted by Gasteiger charge is -2.21. The van der Waals surface area contributed by atoms with Crippen molar-refractivity contribution in [2.45, 2.75) is 23.1 Å². The van der Waals surface area contributed by atoms with Gasteiger partial charge in [-0.1, -0.05) is 11.3 Å². The van der Waals surface area contributed by atoms with Crippen molar-refractivity contribution >= 4 is 34.0 Å². The number of nitrogens with one attached hydrogen (secondary N) is 2. The Labute approximate surface area is 131 Å². The number of nitrogens with zero attached hydrogens (tertiary/aromatic N) is 4. The van der Waals surface area contributed by atoms with E-state index >= 15 is 0 Å². The number of hydrogen-bond donors (Lipinski definition) is 2. The van der Waals surface area contributed by atoms with Crippen LogP contribution in [0, 0.1) is 11.3 Å². The van der Waals surface area contributed by atoms with Crippen LogP contribution in [0.25, 0.3) is 0 Å². The number of thioether (sulfide) groups is 1. The molecular weight excluding hydrogens is 304 g/mol. The summed E-state index contributed by atoms with van der Waals surface area (Å²) >= 11 is 3.11. The smallest absolute Gasteiger partial charge is 0.189 e. The van der Waals surface area contributed by atoms with Gasteiger partial charge in [-0.2, -0.15) is 5.26 Å². The van der Waals surface area contributed by atoms with E-state index in [2.05, 4.69) is 31.7 Å². The van der Waals surface area contributed by atoms with E-state index in [1.807, 2.05) is 6.07 Å². The van der Waals surface area contributed by atoms with Crippen molar-refractivity contribution in [2.24, 2.45) is 0 Å². The summed E-state index contributed by atoms with van der Waals surface area (Å²) in [6.45, 7) is 2.15. The third kappa shape index (κ3) is 3.91. The Kier molecular flexibility index (Phi) is 4.65. The van der Waals surface area contributed by atoms with E-state index in [1.165, 1.54) is 11.3 Å². The van der Waals surface area contributed by atoms with Gasteiger partial charge in [-0.25, -0.2) is 15.0 Å². The van der Waals surface area contributed by atoms with E-state index in [1.54, 1.807) is 24.3 Å². The summed E-state index contributed by atoms with van der Waals surface area (Å²) in [6.07, 6.45) is 5.44. The Balaban J connectivity index is 1.66. The number of thiazole rings is 1. The average molecular weight is 318 g/mol. The molecule has 2 aromatic rings. The molecular formula is C13H14N6S2. The van der Waals surface area contributed by atoms with Gasteiger partial charge < -0.3 is 10.6 Å². The van der Waals surface area contributed by atoms with E-state index in [0.717, 1.165) is 31.0 Å². The number of rotatable bonds is 4. The SMILES string of the molecule is N#Cc1cnc(Nc2cc(SC3CCNCC3)ncn2)s1. The molecule has 0 amide bonds. The molecule has 3 rings (SSSR count). The maximum atomic E-state index is 8.80. The maximum Gasteiger partial charge on any atom is 0.189 e. The highest BCUT2D eigenvalue weighted by Crippen LogP contribution is 2.29. The normalized spacial score (nSPS) is 15.6. The molecule has 6 nitrogen and oxygen atoms in total. The zero-order valence-corrected chi connectivity index (χ0v) is 12.9. The molecule has 0 aliphatic carbocycles. The van der Waals surface area contributed by atoms with Gasteiger partial charge in [-0.3, -0.25) is 0 Å². The van der Waals surface area contributed by atoms with E-state index in [-0.39, 0.29) is 0 Å². The first-order valence-corrected chi connectivity index (χ1v) is 8.35. The van der Waals surface area contributed by atoms with Crippen LogP contribution in [0.3, 0.4) is 0 Å². The molecule has 1 aliphatic heterocycles. The minimum Gasteiger partial charge on any atom is -0.317 e. The maximum absolute atomic E-state index is 8.80. The van der Waals surface area contributed by atoms with E-state index < -0.39 is 0 Å². The van der Waals surface area contributed by atoms with Gasteiger partial charge in [0, 0.05) is 11.3 Å². The molecule has 2 aromatic heterocycles. The molecule has 0 saturated carbocycles.